The summed E-state index contributed by atoms with van der Waals surface area (Å²) in [5, 5.41) is 0. The van der Waals surface area contributed by atoms with Gasteiger partial charge in [-0.15, -0.1) is 0 Å². The van der Waals surface area contributed by atoms with Crippen LogP contribution in [-0.4, -0.2) is 31.1 Å². The van der Waals surface area contributed by atoms with Crippen LogP contribution >= 0.6 is 0 Å². The number of ether oxygens (including phenoxy) is 3. The van der Waals surface area contributed by atoms with Crippen molar-refractivity contribution >= 4 is 11.8 Å². The molecule has 116 valence electrons. The first-order valence-electron chi connectivity index (χ1n) is 7.09. The van der Waals surface area contributed by atoms with E-state index >= 15 is 0 Å². The van der Waals surface area contributed by atoms with Crippen molar-refractivity contribution in [3.63, 3.8) is 0 Å². The predicted molar refractivity (Wildman–Crippen MR) is 79.0 cm³/mol. The first-order chi connectivity index (χ1) is 9.96. The van der Waals surface area contributed by atoms with Crippen LogP contribution in [0.2, 0.25) is 0 Å². The summed E-state index contributed by atoms with van der Waals surface area (Å²) >= 11 is 0. The molecule has 21 heavy (non-hydrogen) atoms. The molecule has 0 saturated carbocycles. The third-order valence-corrected chi connectivity index (χ3v) is 2.50. The van der Waals surface area contributed by atoms with E-state index in [9.17, 15) is 9.59 Å². The lowest BCUT2D eigenvalue weighted by Crippen LogP contribution is -2.15. The zero-order valence-corrected chi connectivity index (χ0v) is 13.0. The summed E-state index contributed by atoms with van der Waals surface area (Å²) in [7, 11) is 0. The van der Waals surface area contributed by atoms with Crippen molar-refractivity contribution < 1.29 is 23.8 Å². The van der Waals surface area contributed by atoms with Crippen LogP contribution in [0.5, 0.6) is 11.5 Å². The van der Waals surface area contributed by atoms with Crippen LogP contribution in [0.15, 0.2) is 18.2 Å². The second-order valence-electron chi connectivity index (χ2n) is 4.70. The Balaban J connectivity index is 2.88. The summed E-state index contributed by atoms with van der Waals surface area (Å²) in [6.45, 7) is 8.16. The second-order valence-corrected chi connectivity index (χ2v) is 4.70. The lowest BCUT2D eigenvalue weighted by molar-refractivity contribution is -0.146. The van der Waals surface area contributed by atoms with Crippen LogP contribution in [0.4, 0.5) is 0 Å². The molecule has 0 aromatic heterocycles. The average Bonchev–Trinajstić information content (AvgIpc) is 2.38. The van der Waals surface area contributed by atoms with E-state index in [0.717, 1.165) is 0 Å². The van der Waals surface area contributed by atoms with Crippen molar-refractivity contribution in [1.29, 1.82) is 0 Å². The molecule has 1 rings (SSSR count). The van der Waals surface area contributed by atoms with Crippen molar-refractivity contribution in [1.82, 2.24) is 0 Å². The summed E-state index contributed by atoms with van der Waals surface area (Å²) in [5.74, 6) is 0.242. The number of Topliss-reactive ketones (excluding diaryl/α,β-unsaturated/α-hetero) is 1. The third kappa shape index (κ3) is 5.85. The van der Waals surface area contributed by atoms with Crippen LogP contribution in [-0.2, 0) is 9.53 Å². The van der Waals surface area contributed by atoms with E-state index in [-0.39, 0.29) is 18.3 Å². The van der Waals surface area contributed by atoms with E-state index in [4.69, 9.17) is 14.2 Å². The van der Waals surface area contributed by atoms with E-state index in [0.29, 0.717) is 30.3 Å². The number of benzene rings is 1. The minimum atomic E-state index is -0.533. The highest BCUT2D eigenvalue weighted by Gasteiger charge is 2.16. The Morgan fingerprint density at radius 2 is 1.52 bits per heavy atom. The molecule has 0 saturated heterocycles. The molecule has 0 heterocycles. The van der Waals surface area contributed by atoms with Gasteiger partial charge in [-0.1, -0.05) is 0 Å². The van der Waals surface area contributed by atoms with Crippen LogP contribution in [0.25, 0.3) is 0 Å². The molecule has 0 atom stereocenters. The van der Waals surface area contributed by atoms with Gasteiger partial charge in [0.1, 0.15) is 17.9 Å². The van der Waals surface area contributed by atoms with E-state index in [1.165, 1.54) is 0 Å². The number of hydrogen-bond donors (Lipinski definition) is 0. The first-order valence-corrected chi connectivity index (χ1v) is 7.09. The van der Waals surface area contributed by atoms with Crippen LogP contribution in [0, 0.1) is 0 Å². The van der Waals surface area contributed by atoms with Crippen molar-refractivity contribution in [2.45, 2.75) is 40.2 Å². The molecule has 5 heteroatoms. The summed E-state index contributed by atoms with van der Waals surface area (Å²) in [4.78, 5) is 23.7. The van der Waals surface area contributed by atoms with E-state index < -0.39 is 5.97 Å². The van der Waals surface area contributed by atoms with Gasteiger partial charge in [-0.2, -0.15) is 0 Å². The molecule has 0 N–H and O–H groups in total. The molecule has 0 aliphatic rings. The molecular formula is C16H22O5. The molecule has 0 fully saturated rings. The maximum absolute atomic E-state index is 12.1. The Kier molecular flexibility index (Phi) is 6.72. The van der Waals surface area contributed by atoms with Gasteiger partial charge in [0, 0.05) is 11.6 Å². The zero-order chi connectivity index (χ0) is 15.8. The van der Waals surface area contributed by atoms with Crippen LogP contribution in [0.1, 0.15) is 44.5 Å². The summed E-state index contributed by atoms with van der Waals surface area (Å²) < 4.78 is 15.8. The smallest absolute Gasteiger partial charge is 0.313 e. The molecule has 0 unspecified atom stereocenters. The minimum Gasteiger partial charge on any atom is -0.494 e. The monoisotopic (exact) mass is 294 g/mol. The second kappa shape index (κ2) is 8.29. The van der Waals surface area contributed by atoms with Gasteiger partial charge in [-0.25, -0.2) is 0 Å². The highest BCUT2D eigenvalue weighted by atomic mass is 16.5. The lowest BCUT2D eigenvalue weighted by Gasteiger charge is -2.11. The maximum Gasteiger partial charge on any atom is 0.313 e. The van der Waals surface area contributed by atoms with Gasteiger partial charge >= 0.3 is 5.97 Å². The molecule has 0 aliphatic heterocycles. The highest BCUT2D eigenvalue weighted by Crippen LogP contribution is 2.24. The van der Waals surface area contributed by atoms with Gasteiger partial charge in [0.15, 0.2) is 5.78 Å². The first kappa shape index (κ1) is 17.0. The Bertz CT molecular complexity index is 469. The van der Waals surface area contributed by atoms with Crippen LogP contribution in [0.3, 0.4) is 0 Å². The third-order valence-electron chi connectivity index (χ3n) is 2.50. The van der Waals surface area contributed by atoms with E-state index in [1.54, 1.807) is 32.0 Å². The SMILES string of the molecule is CCOc1cc(OCC)cc(C(=O)CC(=O)OC(C)C)c1. The topological polar surface area (TPSA) is 61.8 Å². The quantitative estimate of drug-likeness (QED) is 0.419. The van der Waals surface area contributed by atoms with Gasteiger partial charge in [0.05, 0.1) is 19.3 Å². The minimum absolute atomic E-state index is 0.237. The fourth-order valence-corrected chi connectivity index (χ4v) is 1.77. The highest BCUT2D eigenvalue weighted by molar-refractivity contribution is 6.06. The van der Waals surface area contributed by atoms with Gasteiger partial charge in [-0.3, -0.25) is 9.59 Å². The molecule has 5 nitrogen and oxygen atoms in total. The van der Waals surface area contributed by atoms with E-state index in [2.05, 4.69) is 0 Å². The molecule has 0 bridgehead atoms. The van der Waals surface area contributed by atoms with Crippen molar-refractivity contribution in [2.24, 2.45) is 0 Å². The van der Waals surface area contributed by atoms with Crippen molar-refractivity contribution in [3.05, 3.63) is 23.8 Å². The van der Waals surface area contributed by atoms with Gasteiger partial charge in [0.2, 0.25) is 0 Å². The van der Waals surface area contributed by atoms with Crippen molar-refractivity contribution in [3.8, 4) is 11.5 Å². The Labute approximate surface area is 125 Å². The summed E-state index contributed by atoms with van der Waals surface area (Å²) in [5.41, 5.74) is 0.380. The molecular weight excluding hydrogens is 272 g/mol. The molecule has 1 aromatic rings. The van der Waals surface area contributed by atoms with Gasteiger partial charge < -0.3 is 14.2 Å². The summed E-state index contributed by atoms with van der Waals surface area (Å²) in [6.07, 6.45) is -0.529. The normalized spacial score (nSPS) is 10.3. The number of esters is 1. The summed E-state index contributed by atoms with van der Waals surface area (Å²) in [6, 6.07) is 4.93. The predicted octanol–water partition coefficient (Wildman–Crippen LogP) is 3.01. The number of rotatable bonds is 8. The Hall–Kier alpha value is -2.04. The number of carbonyl (C=O) groups is 2. The largest absolute Gasteiger partial charge is 0.494 e. The molecule has 0 aliphatic carbocycles. The zero-order valence-electron chi connectivity index (χ0n) is 13.0. The fourth-order valence-electron chi connectivity index (χ4n) is 1.77. The standard InChI is InChI=1S/C16H22O5/c1-5-19-13-7-12(8-14(9-13)20-6-2)15(17)10-16(18)21-11(3)4/h7-9,11H,5-6,10H2,1-4H3. The van der Waals surface area contributed by atoms with E-state index in [1.807, 2.05) is 13.8 Å². The average molecular weight is 294 g/mol. The number of carbonyl (C=O) groups excluding carboxylic acids is 2. The molecule has 0 spiro atoms. The molecule has 0 radical (unpaired) electrons. The van der Waals surface area contributed by atoms with Gasteiger partial charge in [0.25, 0.3) is 0 Å². The molecule has 1 aromatic carbocycles. The lowest BCUT2D eigenvalue weighted by atomic mass is 10.1. The van der Waals surface area contributed by atoms with Crippen molar-refractivity contribution in [2.75, 3.05) is 13.2 Å². The van der Waals surface area contributed by atoms with Crippen LogP contribution < -0.4 is 9.47 Å². The molecule has 0 amide bonds. The Morgan fingerprint density at radius 1 is 1.00 bits per heavy atom. The maximum atomic E-state index is 12.1. The number of hydrogen-bond acceptors (Lipinski definition) is 5. The van der Waals surface area contributed by atoms with Gasteiger partial charge in [-0.05, 0) is 39.8 Å². The number of ketones is 1. The fraction of sp³-hybridized carbons (Fsp3) is 0.500. The Morgan fingerprint density at radius 3 is 1.95 bits per heavy atom.